The van der Waals surface area contributed by atoms with Gasteiger partial charge in [-0.25, -0.2) is 0 Å². The van der Waals surface area contributed by atoms with E-state index in [1.165, 1.54) is 24.9 Å². The van der Waals surface area contributed by atoms with Gasteiger partial charge in [-0.1, -0.05) is 35.0 Å². The van der Waals surface area contributed by atoms with Crippen LogP contribution in [0.15, 0.2) is 28.7 Å². The molecule has 1 aliphatic heterocycles. The number of likely N-dealkylation sites (tertiary alicyclic amines) is 1. The quantitative estimate of drug-likeness (QED) is 0.929. The Balaban J connectivity index is 2.03. The lowest BCUT2D eigenvalue weighted by Gasteiger charge is -2.39. The molecule has 3 heteroatoms. The highest BCUT2D eigenvalue weighted by molar-refractivity contribution is 9.10. The van der Waals surface area contributed by atoms with Crippen LogP contribution in [-0.2, 0) is 6.54 Å². The maximum absolute atomic E-state index is 5.91. The second kappa shape index (κ2) is 5.98. The van der Waals surface area contributed by atoms with Gasteiger partial charge in [0.1, 0.15) is 0 Å². The highest BCUT2D eigenvalue weighted by Crippen LogP contribution is 2.24. The molecule has 1 aromatic rings. The molecule has 94 valence electrons. The van der Waals surface area contributed by atoms with Crippen LogP contribution in [0.3, 0.4) is 0 Å². The predicted molar refractivity (Wildman–Crippen MR) is 75.8 cm³/mol. The van der Waals surface area contributed by atoms with Crippen LogP contribution in [0.1, 0.15) is 25.3 Å². The minimum Gasteiger partial charge on any atom is -0.329 e. The molecule has 0 radical (unpaired) electrons. The summed E-state index contributed by atoms with van der Waals surface area (Å²) in [4.78, 5) is 2.54. The molecule has 0 amide bonds. The van der Waals surface area contributed by atoms with E-state index in [-0.39, 0.29) is 0 Å². The summed E-state index contributed by atoms with van der Waals surface area (Å²) in [5.74, 6) is 0.726. The molecule has 0 aromatic heterocycles. The molecule has 0 spiro atoms. The standard InChI is InChI=1S/C14H21BrN2/c1-11-3-2-8-17(14(11)9-16)10-12-4-6-13(15)7-5-12/h4-7,11,14H,2-3,8-10,16H2,1H3. The van der Waals surface area contributed by atoms with Crippen molar-refractivity contribution in [3.05, 3.63) is 34.3 Å². The Kier molecular flexibility index (Phi) is 4.60. The molecule has 0 saturated carbocycles. The van der Waals surface area contributed by atoms with E-state index < -0.39 is 0 Å². The monoisotopic (exact) mass is 296 g/mol. The predicted octanol–water partition coefficient (Wildman–Crippen LogP) is 3.01. The zero-order valence-electron chi connectivity index (χ0n) is 10.4. The van der Waals surface area contributed by atoms with Gasteiger partial charge in [-0.2, -0.15) is 0 Å². The Hall–Kier alpha value is -0.380. The first-order valence-corrected chi connectivity index (χ1v) is 7.18. The maximum Gasteiger partial charge on any atom is 0.0247 e. The lowest BCUT2D eigenvalue weighted by atomic mass is 9.90. The van der Waals surface area contributed by atoms with E-state index in [0.29, 0.717) is 6.04 Å². The van der Waals surface area contributed by atoms with Crippen molar-refractivity contribution < 1.29 is 0 Å². The summed E-state index contributed by atoms with van der Waals surface area (Å²) in [6.45, 7) is 5.31. The fraction of sp³-hybridized carbons (Fsp3) is 0.571. The number of benzene rings is 1. The molecule has 2 unspecified atom stereocenters. The first-order valence-electron chi connectivity index (χ1n) is 6.39. The Morgan fingerprint density at radius 1 is 1.35 bits per heavy atom. The van der Waals surface area contributed by atoms with E-state index in [0.717, 1.165) is 23.5 Å². The van der Waals surface area contributed by atoms with Crippen LogP contribution in [0.2, 0.25) is 0 Å². The van der Waals surface area contributed by atoms with Crippen molar-refractivity contribution in [3.63, 3.8) is 0 Å². The van der Waals surface area contributed by atoms with E-state index >= 15 is 0 Å². The van der Waals surface area contributed by atoms with Crippen molar-refractivity contribution in [2.45, 2.75) is 32.4 Å². The summed E-state index contributed by atoms with van der Waals surface area (Å²) in [6, 6.07) is 9.15. The van der Waals surface area contributed by atoms with Crippen LogP contribution < -0.4 is 5.73 Å². The number of nitrogens with zero attached hydrogens (tertiary/aromatic N) is 1. The first-order chi connectivity index (χ1) is 8.20. The zero-order valence-corrected chi connectivity index (χ0v) is 12.0. The number of nitrogens with two attached hydrogens (primary N) is 1. The summed E-state index contributed by atoms with van der Waals surface area (Å²) >= 11 is 3.47. The lowest BCUT2D eigenvalue weighted by Crippen LogP contribution is -2.47. The molecule has 1 fully saturated rings. The number of halogens is 1. The average Bonchev–Trinajstić information content (AvgIpc) is 2.32. The first kappa shape index (κ1) is 13.1. The van der Waals surface area contributed by atoms with Gasteiger partial charge in [0.05, 0.1) is 0 Å². The number of rotatable bonds is 3. The number of hydrogen-bond acceptors (Lipinski definition) is 2. The molecule has 1 aromatic carbocycles. The van der Waals surface area contributed by atoms with Crippen LogP contribution in [0.5, 0.6) is 0 Å². The normalized spacial score (nSPS) is 26.1. The lowest BCUT2D eigenvalue weighted by molar-refractivity contribution is 0.0991. The van der Waals surface area contributed by atoms with E-state index in [4.69, 9.17) is 5.73 Å². The summed E-state index contributed by atoms with van der Waals surface area (Å²) < 4.78 is 1.14. The second-order valence-electron chi connectivity index (χ2n) is 5.02. The Bertz CT molecular complexity index is 350. The molecular weight excluding hydrogens is 276 g/mol. The van der Waals surface area contributed by atoms with Gasteiger partial charge < -0.3 is 5.73 Å². The van der Waals surface area contributed by atoms with Crippen LogP contribution in [0.4, 0.5) is 0 Å². The van der Waals surface area contributed by atoms with Crippen molar-refractivity contribution in [1.29, 1.82) is 0 Å². The van der Waals surface area contributed by atoms with Crippen LogP contribution >= 0.6 is 15.9 Å². The fourth-order valence-corrected chi connectivity index (χ4v) is 3.00. The van der Waals surface area contributed by atoms with E-state index in [9.17, 15) is 0 Å². The number of hydrogen-bond donors (Lipinski definition) is 1. The molecule has 2 atom stereocenters. The van der Waals surface area contributed by atoms with Gasteiger partial charge in [0, 0.05) is 23.6 Å². The van der Waals surface area contributed by atoms with Gasteiger partial charge in [0.25, 0.3) is 0 Å². The van der Waals surface area contributed by atoms with Gasteiger partial charge in [-0.15, -0.1) is 0 Å². The molecule has 0 bridgehead atoms. The molecular formula is C14H21BrN2. The molecule has 2 nitrogen and oxygen atoms in total. The number of piperidine rings is 1. The van der Waals surface area contributed by atoms with Gasteiger partial charge in [-0.05, 0) is 43.0 Å². The highest BCUT2D eigenvalue weighted by atomic mass is 79.9. The Morgan fingerprint density at radius 3 is 2.71 bits per heavy atom. The molecule has 1 heterocycles. The minimum absolute atomic E-state index is 0.549. The third kappa shape index (κ3) is 3.30. The topological polar surface area (TPSA) is 29.3 Å². The van der Waals surface area contributed by atoms with Crippen molar-refractivity contribution in [1.82, 2.24) is 4.90 Å². The van der Waals surface area contributed by atoms with Gasteiger partial charge in [0.15, 0.2) is 0 Å². The summed E-state index contributed by atoms with van der Waals surface area (Å²) in [7, 11) is 0. The summed E-state index contributed by atoms with van der Waals surface area (Å²) in [5, 5.41) is 0. The maximum atomic E-state index is 5.91. The zero-order chi connectivity index (χ0) is 12.3. The van der Waals surface area contributed by atoms with Gasteiger partial charge in [0.2, 0.25) is 0 Å². The van der Waals surface area contributed by atoms with Crippen LogP contribution in [0, 0.1) is 5.92 Å². The SMILES string of the molecule is CC1CCCN(Cc2ccc(Br)cc2)C1CN. The largest absolute Gasteiger partial charge is 0.329 e. The summed E-state index contributed by atoms with van der Waals surface area (Å²) in [5.41, 5.74) is 7.29. The van der Waals surface area contributed by atoms with Crippen LogP contribution in [-0.4, -0.2) is 24.0 Å². The molecule has 17 heavy (non-hydrogen) atoms. The Labute approximate surface area is 112 Å². The van der Waals surface area contributed by atoms with Crippen molar-refractivity contribution in [2.24, 2.45) is 11.7 Å². The minimum atomic E-state index is 0.549. The third-order valence-corrected chi connectivity index (χ3v) is 4.30. The summed E-state index contributed by atoms with van der Waals surface area (Å²) in [6.07, 6.45) is 2.62. The second-order valence-corrected chi connectivity index (χ2v) is 5.94. The molecule has 1 saturated heterocycles. The van der Waals surface area contributed by atoms with E-state index in [1.54, 1.807) is 0 Å². The molecule has 2 rings (SSSR count). The van der Waals surface area contributed by atoms with Crippen molar-refractivity contribution in [2.75, 3.05) is 13.1 Å². The average molecular weight is 297 g/mol. The highest BCUT2D eigenvalue weighted by Gasteiger charge is 2.26. The molecule has 1 aliphatic rings. The van der Waals surface area contributed by atoms with E-state index in [2.05, 4.69) is 52.0 Å². The van der Waals surface area contributed by atoms with Crippen LogP contribution in [0.25, 0.3) is 0 Å². The smallest absolute Gasteiger partial charge is 0.0247 e. The molecule has 2 N–H and O–H groups in total. The van der Waals surface area contributed by atoms with Crippen molar-refractivity contribution in [3.8, 4) is 0 Å². The Morgan fingerprint density at radius 2 is 2.06 bits per heavy atom. The van der Waals surface area contributed by atoms with Gasteiger partial charge in [-0.3, -0.25) is 4.90 Å². The van der Waals surface area contributed by atoms with E-state index in [1.807, 2.05) is 0 Å². The van der Waals surface area contributed by atoms with Gasteiger partial charge >= 0.3 is 0 Å². The molecule has 0 aliphatic carbocycles. The van der Waals surface area contributed by atoms with Crippen molar-refractivity contribution >= 4 is 15.9 Å². The third-order valence-electron chi connectivity index (χ3n) is 3.77. The fourth-order valence-electron chi connectivity index (χ4n) is 2.74.